The average Bonchev–Trinajstić information content (AvgIpc) is 3.41. The topological polar surface area (TPSA) is 117 Å². The highest BCUT2D eigenvalue weighted by atomic mass is 32.1. The second-order valence-corrected chi connectivity index (χ2v) is 12.5. The summed E-state index contributed by atoms with van der Waals surface area (Å²) in [6, 6.07) is 9.43. The van der Waals surface area contributed by atoms with E-state index in [0.717, 1.165) is 29.8 Å². The molecule has 0 saturated heterocycles. The van der Waals surface area contributed by atoms with Gasteiger partial charge in [-0.2, -0.15) is 26.3 Å². The summed E-state index contributed by atoms with van der Waals surface area (Å²) >= 11 is 0.576. The summed E-state index contributed by atoms with van der Waals surface area (Å²) in [5, 5.41) is 16.8. The Labute approximate surface area is 278 Å². The molecule has 1 aromatic heterocycles. The van der Waals surface area contributed by atoms with E-state index in [1.807, 2.05) is 0 Å². The van der Waals surface area contributed by atoms with E-state index in [0.29, 0.717) is 49.2 Å². The number of hydrogen-bond donors (Lipinski definition) is 4. The van der Waals surface area contributed by atoms with Crippen molar-refractivity contribution in [3.05, 3.63) is 87.5 Å². The van der Waals surface area contributed by atoms with Crippen molar-refractivity contribution in [3.8, 4) is 5.75 Å². The average molecular weight is 712 g/mol. The van der Waals surface area contributed by atoms with Crippen molar-refractivity contribution in [2.75, 3.05) is 24.3 Å². The van der Waals surface area contributed by atoms with Crippen molar-refractivity contribution in [1.29, 1.82) is 0 Å². The molecule has 0 atom stereocenters. The van der Waals surface area contributed by atoms with Gasteiger partial charge < -0.3 is 25.8 Å². The number of fused-ring (bicyclic) bond motifs is 1. The molecule has 1 fully saturated rings. The molecule has 1 heterocycles. The standard InChI is InChI=1S/C33H28F7N3O5S/c1-48-25-11-4-17(16-2-6-19(7-3-16)41-15-27(44)45)12-22(25)30(46)43-28-21-9-5-18(32(35,36)37)13-26(21)49-29(28)31(47)42-20-8-10-24(34)23(14-20)33(38,39)40/h4-5,8-14,16,19,41H,2-3,6-7,15H2,1H3,(H,42,47)(H,43,46)(H,44,45). The minimum Gasteiger partial charge on any atom is -0.496 e. The molecular formula is C33H28F7N3O5S. The molecule has 0 unspecified atom stereocenters. The number of carbonyl (C=O) groups is 3. The zero-order chi connectivity index (χ0) is 35.7. The number of anilines is 2. The monoisotopic (exact) mass is 711 g/mol. The Balaban J connectivity index is 1.47. The fourth-order valence-electron chi connectivity index (χ4n) is 5.77. The number of carboxylic acids is 1. The lowest BCUT2D eigenvalue weighted by Crippen LogP contribution is -2.36. The number of alkyl halides is 6. The molecule has 1 aliphatic carbocycles. The van der Waals surface area contributed by atoms with Gasteiger partial charge in [0.15, 0.2) is 0 Å². The van der Waals surface area contributed by atoms with E-state index < -0.39 is 52.8 Å². The first-order chi connectivity index (χ1) is 23.0. The summed E-state index contributed by atoms with van der Waals surface area (Å²) in [6.07, 6.45) is -7.01. The number of methoxy groups -OCH3 is 1. The number of aliphatic carboxylic acids is 1. The third-order valence-electron chi connectivity index (χ3n) is 8.20. The first-order valence-corrected chi connectivity index (χ1v) is 15.6. The maximum absolute atomic E-state index is 13.8. The highest BCUT2D eigenvalue weighted by Crippen LogP contribution is 2.41. The molecule has 3 aromatic carbocycles. The van der Waals surface area contributed by atoms with Crippen LogP contribution in [-0.2, 0) is 17.1 Å². The molecule has 49 heavy (non-hydrogen) atoms. The van der Waals surface area contributed by atoms with Gasteiger partial charge in [-0.25, -0.2) is 4.39 Å². The number of thiophene rings is 1. The van der Waals surface area contributed by atoms with Gasteiger partial charge in [0, 0.05) is 21.8 Å². The number of halogens is 7. The molecule has 0 spiro atoms. The summed E-state index contributed by atoms with van der Waals surface area (Å²) < 4.78 is 99.7. The zero-order valence-electron chi connectivity index (χ0n) is 25.5. The second kappa shape index (κ2) is 14.0. The lowest BCUT2D eigenvalue weighted by molar-refractivity contribution is -0.140. The Morgan fingerprint density at radius 3 is 2.22 bits per heavy atom. The van der Waals surface area contributed by atoms with E-state index in [9.17, 15) is 45.1 Å². The highest BCUT2D eigenvalue weighted by molar-refractivity contribution is 7.21. The molecular weight excluding hydrogens is 683 g/mol. The summed E-state index contributed by atoms with van der Waals surface area (Å²) in [5.74, 6) is -4.17. The molecule has 0 bridgehead atoms. The summed E-state index contributed by atoms with van der Waals surface area (Å²) in [5.41, 5.74) is -2.44. The van der Waals surface area contributed by atoms with Gasteiger partial charge in [-0.05, 0) is 79.6 Å². The van der Waals surface area contributed by atoms with E-state index in [4.69, 9.17) is 9.84 Å². The normalized spacial score (nSPS) is 16.7. The predicted molar refractivity (Wildman–Crippen MR) is 168 cm³/mol. The van der Waals surface area contributed by atoms with Crippen LogP contribution in [0, 0.1) is 5.82 Å². The number of amides is 2. The number of carboxylic acid groups (broad SMARTS) is 1. The van der Waals surface area contributed by atoms with Gasteiger partial charge >= 0.3 is 18.3 Å². The Hall–Kier alpha value is -4.70. The summed E-state index contributed by atoms with van der Waals surface area (Å²) in [4.78, 5) is 37.8. The molecule has 16 heteroatoms. The van der Waals surface area contributed by atoms with E-state index in [1.165, 1.54) is 7.11 Å². The van der Waals surface area contributed by atoms with E-state index in [2.05, 4.69) is 16.0 Å². The van der Waals surface area contributed by atoms with Gasteiger partial charge in [0.2, 0.25) is 0 Å². The van der Waals surface area contributed by atoms with Gasteiger partial charge in [0.1, 0.15) is 16.4 Å². The number of rotatable bonds is 9. The molecule has 0 aliphatic heterocycles. The van der Waals surface area contributed by atoms with Crippen LogP contribution in [0.2, 0.25) is 0 Å². The van der Waals surface area contributed by atoms with Crippen molar-refractivity contribution >= 4 is 50.6 Å². The van der Waals surface area contributed by atoms with Gasteiger partial charge in [-0.15, -0.1) is 11.3 Å². The highest BCUT2D eigenvalue weighted by Gasteiger charge is 2.35. The SMILES string of the molecule is COc1ccc(C2CCC(NCC(=O)O)CC2)cc1C(=O)Nc1c(C(=O)Nc2ccc(F)c(C(F)(F)F)c2)sc2cc(C(F)(F)F)ccc12. The number of benzene rings is 3. The molecule has 4 N–H and O–H groups in total. The van der Waals surface area contributed by atoms with Crippen molar-refractivity contribution < 1.29 is 55.0 Å². The maximum atomic E-state index is 13.8. The third-order valence-corrected chi connectivity index (χ3v) is 9.35. The van der Waals surface area contributed by atoms with Crippen LogP contribution in [-0.4, -0.2) is 42.6 Å². The smallest absolute Gasteiger partial charge is 0.419 e. The van der Waals surface area contributed by atoms with Crippen molar-refractivity contribution in [2.24, 2.45) is 0 Å². The first-order valence-electron chi connectivity index (χ1n) is 14.8. The number of hydrogen-bond acceptors (Lipinski definition) is 6. The van der Waals surface area contributed by atoms with E-state index >= 15 is 0 Å². The van der Waals surface area contributed by atoms with Crippen molar-refractivity contribution in [3.63, 3.8) is 0 Å². The Morgan fingerprint density at radius 2 is 1.59 bits per heavy atom. The molecule has 260 valence electrons. The molecule has 2 amide bonds. The molecule has 1 aliphatic rings. The zero-order valence-corrected chi connectivity index (χ0v) is 26.3. The van der Waals surface area contributed by atoms with Crippen molar-refractivity contribution in [1.82, 2.24) is 5.32 Å². The van der Waals surface area contributed by atoms with Crippen LogP contribution in [0.25, 0.3) is 10.1 Å². The van der Waals surface area contributed by atoms with Gasteiger partial charge in [-0.1, -0.05) is 12.1 Å². The minimum absolute atomic E-state index is 0.0256. The Kier molecular flexibility index (Phi) is 10.2. The first kappa shape index (κ1) is 35.6. The summed E-state index contributed by atoms with van der Waals surface area (Å²) in [7, 11) is 1.33. The lowest BCUT2D eigenvalue weighted by atomic mass is 9.81. The van der Waals surface area contributed by atoms with Crippen LogP contribution in [0.15, 0.2) is 54.6 Å². The van der Waals surface area contributed by atoms with Crippen LogP contribution < -0.4 is 20.7 Å². The molecule has 5 rings (SSSR count). The lowest BCUT2D eigenvalue weighted by Gasteiger charge is -2.29. The quantitative estimate of drug-likeness (QED) is 0.130. The number of carbonyl (C=O) groups excluding carboxylic acids is 2. The third kappa shape index (κ3) is 8.13. The van der Waals surface area contributed by atoms with Gasteiger partial charge in [0.25, 0.3) is 11.8 Å². The number of ether oxygens (including phenoxy) is 1. The maximum Gasteiger partial charge on any atom is 0.419 e. The largest absolute Gasteiger partial charge is 0.496 e. The van der Waals surface area contributed by atoms with Crippen LogP contribution >= 0.6 is 11.3 Å². The minimum atomic E-state index is -5.07. The van der Waals surface area contributed by atoms with Crippen LogP contribution in [0.1, 0.15) is 68.3 Å². The van der Waals surface area contributed by atoms with Crippen molar-refractivity contribution in [2.45, 2.75) is 50.0 Å². The predicted octanol–water partition coefficient (Wildman–Crippen LogP) is 8.29. The van der Waals surface area contributed by atoms with Gasteiger partial charge in [0.05, 0.1) is 36.0 Å². The van der Waals surface area contributed by atoms with E-state index in [1.54, 1.807) is 18.2 Å². The fraction of sp³-hybridized carbons (Fsp3) is 0.303. The fourth-order valence-corrected chi connectivity index (χ4v) is 6.86. The van der Waals surface area contributed by atoms with Crippen LogP contribution in [0.4, 0.5) is 42.1 Å². The van der Waals surface area contributed by atoms with Crippen LogP contribution in [0.3, 0.4) is 0 Å². The molecule has 1 saturated carbocycles. The van der Waals surface area contributed by atoms with Crippen LogP contribution in [0.5, 0.6) is 5.75 Å². The number of nitrogens with one attached hydrogen (secondary N) is 3. The Morgan fingerprint density at radius 1 is 0.878 bits per heavy atom. The second-order valence-electron chi connectivity index (χ2n) is 11.4. The summed E-state index contributed by atoms with van der Waals surface area (Å²) in [6.45, 7) is -0.157. The van der Waals surface area contributed by atoms with Gasteiger partial charge in [-0.3, -0.25) is 14.4 Å². The Bertz CT molecular complexity index is 1900. The van der Waals surface area contributed by atoms with E-state index in [-0.39, 0.29) is 50.5 Å². The molecule has 0 radical (unpaired) electrons. The molecule has 4 aromatic rings. The molecule has 8 nitrogen and oxygen atoms in total.